The van der Waals surface area contributed by atoms with Crippen molar-refractivity contribution in [3.8, 4) is 0 Å². The van der Waals surface area contributed by atoms with Crippen LogP contribution in [0.1, 0.15) is 51.4 Å². The van der Waals surface area contributed by atoms with Gasteiger partial charge in [-0.1, -0.05) is 44.9 Å². The molecule has 15 heavy (non-hydrogen) atoms. The Morgan fingerprint density at radius 2 is 1.67 bits per heavy atom. The van der Waals surface area contributed by atoms with Crippen molar-refractivity contribution in [3.63, 3.8) is 0 Å². The molecule has 0 heterocycles. The predicted molar refractivity (Wildman–Crippen MR) is 63.3 cm³/mol. The topological polar surface area (TPSA) is 63.3 Å². The van der Waals surface area contributed by atoms with Gasteiger partial charge in [0.25, 0.3) is 0 Å². The Morgan fingerprint density at radius 1 is 1.20 bits per heavy atom. The summed E-state index contributed by atoms with van der Waals surface area (Å²) in [5, 5.41) is 8.71. The summed E-state index contributed by atoms with van der Waals surface area (Å²) in [4.78, 5) is 10.6. The van der Waals surface area contributed by atoms with Gasteiger partial charge >= 0.3 is 5.97 Å². The number of carboxylic acid groups (broad SMARTS) is 1. The van der Waals surface area contributed by atoms with Gasteiger partial charge in [0.15, 0.2) is 0 Å². The van der Waals surface area contributed by atoms with Crippen LogP contribution >= 0.6 is 12.4 Å². The van der Waals surface area contributed by atoms with Gasteiger partial charge in [0.05, 0.1) is 0 Å². The molecule has 0 saturated heterocycles. The minimum Gasteiger partial charge on any atom is -0.480 e. The molecule has 0 aliphatic heterocycles. The number of nitrogens with two attached hydrogens (primary N) is 1. The molecule has 1 fully saturated rings. The van der Waals surface area contributed by atoms with E-state index in [0.717, 1.165) is 0 Å². The van der Waals surface area contributed by atoms with Crippen LogP contribution in [0.3, 0.4) is 0 Å². The summed E-state index contributed by atoms with van der Waals surface area (Å²) in [7, 11) is 0. The smallest absolute Gasteiger partial charge is 0.320 e. The molecule has 0 amide bonds. The molecule has 0 aromatic rings. The van der Waals surface area contributed by atoms with Gasteiger partial charge in [0.2, 0.25) is 0 Å². The molecule has 0 spiro atoms. The van der Waals surface area contributed by atoms with Gasteiger partial charge in [-0.3, -0.25) is 4.79 Å². The highest BCUT2D eigenvalue weighted by Gasteiger charge is 2.19. The maximum absolute atomic E-state index is 10.6. The van der Waals surface area contributed by atoms with Crippen LogP contribution in [0.15, 0.2) is 0 Å². The maximum Gasteiger partial charge on any atom is 0.320 e. The molecule has 0 aromatic heterocycles. The number of hydrogen-bond acceptors (Lipinski definition) is 2. The summed E-state index contributed by atoms with van der Waals surface area (Å²) < 4.78 is 0. The third kappa shape index (κ3) is 6.00. The van der Waals surface area contributed by atoms with Gasteiger partial charge in [-0.15, -0.1) is 12.4 Å². The van der Waals surface area contributed by atoms with Crippen LogP contribution in [-0.2, 0) is 4.79 Å². The van der Waals surface area contributed by atoms with Crippen molar-refractivity contribution in [1.82, 2.24) is 0 Å². The minimum absolute atomic E-state index is 0. The van der Waals surface area contributed by atoms with E-state index < -0.39 is 12.0 Å². The summed E-state index contributed by atoms with van der Waals surface area (Å²) >= 11 is 0. The highest BCUT2D eigenvalue weighted by atomic mass is 35.5. The number of carbonyl (C=O) groups is 1. The van der Waals surface area contributed by atoms with Crippen LogP contribution in [0.25, 0.3) is 0 Å². The number of carboxylic acids is 1. The number of halogens is 1. The quantitative estimate of drug-likeness (QED) is 0.790. The SMILES string of the molecule is Cl.NC(CC1CCCCCCC1)C(=O)O. The van der Waals surface area contributed by atoms with Crippen LogP contribution in [0.2, 0.25) is 0 Å². The molecule has 1 unspecified atom stereocenters. The Balaban J connectivity index is 0.00000196. The fraction of sp³-hybridized carbons (Fsp3) is 0.909. The van der Waals surface area contributed by atoms with Gasteiger partial charge in [0.1, 0.15) is 6.04 Å². The second kappa shape index (κ2) is 7.94. The molecule has 0 aromatic carbocycles. The lowest BCUT2D eigenvalue weighted by Gasteiger charge is -2.21. The molecule has 0 bridgehead atoms. The average molecular weight is 236 g/mol. The third-order valence-electron chi connectivity index (χ3n) is 3.13. The van der Waals surface area contributed by atoms with E-state index in [1.807, 2.05) is 0 Å². The second-order valence-electron chi connectivity index (χ2n) is 4.39. The first kappa shape index (κ1) is 14.7. The lowest BCUT2D eigenvalue weighted by molar-refractivity contribution is -0.139. The third-order valence-corrected chi connectivity index (χ3v) is 3.13. The molecule has 1 saturated carbocycles. The van der Waals surface area contributed by atoms with Crippen LogP contribution < -0.4 is 5.73 Å². The van der Waals surface area contributed by atoms with E-state index in [-0.39, 0.29) is 12.4 Å². The fourth-order valence-corrected chi connectivity index (χ4v) is 2.24. The van der Waals surface area contributed by atoms with E-state index in [4.69, 9.17) is 10.8 Å². The molecule has 3 nitrogen and oxygen atoms in total. The highest BCUT2D eigenvalue weighted by Crippen LogP contribution is 2.25. The summed E-state index contributed by atoms with van der Waals surface area (Å²) in [6.07, 6.45) is 9.45. The van der Waals surface area contributed by atoms with Crippen molar-refractivity contribution in [1.29, 1.82) is 0 Å². The van der Waals surface area contributed by atoms with E-state index in [9.17, 15) is 4.79 Å². The minimum atomic E-state index is -0.855. The molecule has 1 aliphatic carbocycles. The number of hydrogen-bond donors (Lipinski definition) is 2. The predicted octanol–water partition coefficient (Wildman–Crippen LogP) is 2.57. The van der Waals surface area contributed by atoms with Gasteiger partial charge in [-0.25, -0.2) is 0 Å². The Morgan fingerprint density at radius 3 is 2.13 bits per heavy atom. The summed E-state index contributed by atoms with van der Waals surface area (Å²) in [6.45, 7) is 0. The monoisotopic (exact) mass is 235 g/mol. The van der Waals surface area contributed by atoms with Crippen molar-refractivity contribution in [2.24, 2.45) is 11.7 Å². The van der Waals surface area contributed by atoms with Gasteiger partial charge in [-0.05, 0) is 12.3 Å². The van der Waals surface area contributed by atoms with E-state index in [2.05, 4.69) is 0 Å². The second-order valence-corrected chi connectivity index (χ2v) is 4.39. The lowest BCUT2D eigenvalue weighted by atomic mass is 9.87. The number of rotatable bonds is 3. The summed E-state index contributed by atoms with van der Waals surface area (Å²) in [5.74, 6) is -0.312. The molecule has 90 valence electrons. The maximum atomic E-state index is 10.6. The van der Waals surface area contributed by atoms with Gasteiger partial charge in [-0.2, -0.15) is 0 Å². The Bertz CT molecular complexity index is 179. The van der Waals surface area contributed by atoms with Gasteiger partial charge in [0, 0.05) is 0 Å². The van der Waals surface area contributed by atoms with Crippen molar-refractivity contribution in [3.05, 3.63) is 0 Å². The zero-order valence-electron chi connectivity index (χ0n) is 9.15. The molecular weight excluding hydrogens is 214 g/mol. The number of aliphatic carboxylic acids is 1. The lowest BCUT2D eigenvalue weighted by Crippen LogP contribution is -2.32. The van der Waals surface area contributed by atoms with Crippen molar-refractivity contribution in [2.75, 3.05) is 0 Å². The Kier molecular flexibility index (Phi) is 7.79. The largest absolute Gasteiger partial charge is 0.480 e. The molecule has 1 atom stereocenters. The fourth-order valence-electron chi connectivity index (χ4n) is 2.24. The van der Waals surface area contributed by atoms with Crippen LogP contribution in [-0.4, -0.2) is 17.1 Å². The Labute approximate surface area is 97.8 Å². The first-order valence-corrected chi connectivity index (χ1v) is 5.68. The van der Waals surface area contributed by atoms with E-state index in [1.165, 1.54) is 44.9 Å². The molecule has 4 heteroatoms. The molecule has 1 rings (SSSR count). The summed E-state index contributed by atoms with van der Waals surface area (Å²) in [5.41, 5.74) is 5.54. The molecule has 0 radical (unpaired) electrons. The standard InChI is InChI=1S/C11H21NO2.ClH/c12-10(11(13)14)8-9-6-4-2-1-3-5-7-9;/h9-10H,1-8,12H2,(H,13,14);1H. The van der Waals surface area contributed by atoms with Crippen LogP contribution in [0, 0.1) is 5.92 Å². The molecule has 1 aliphatic rings. The first-order valence-electron chi connectivity index (χ1n) is 5.68. The zero-order chi connectivity index (χ0) is 10.4. The summed E-state index contributed by atoms with van der Waals surface area (Å²) in [6, 6.07) is -0.653. The normalized spacial score (nSPS) is 20.9. The van der Waals surface area contributed by atoms with Crippen molar-refractivity contribution >= 4 is 18.4 Å². The van der Waals surface area contributed by atoms with Crippen molar-refractivity contribution < 1.29 is 9.90 Å². The van der Waals surface area contributed by atoms with Crippen molar-refractivity contribution in [2.45, 2.75) is 57.4 Å². The van der Waals surface area contributed by atoms with Gasteiger partial charge < -0.3 is 10.8 Å². The molecule has 3 N–H and O–H groups in total. The van der Waals surface area contributed by atoms with Crippen LogP contribution in [0.5, 0.6) is 0 Å². The van der Waals surface area contributed by atoms with E-state index in [1.54, 1.807) is 0 Å². The average Bonchev–Trinajstić information content (AvgIpc) is 2.08. The highest BCUT2D eigenvalue weighted by molar-refractivity contribution is 5.85. The van der Waals surface area contributed by atoms with E-state index >= 15 is 0 Å². The van der Waals surface area contributed by atoms with Crippen LogP contribution in [0.4, 0.5) is 0 Å². The zero-order valence-corrected chi connectivity index (χ0v) is 9.97. The first-order chi connectivity index (χ1) is 6.70. The Hall–Kier alpha value is -0.280. The molecular formula is C11H22ClNO2. The van der Waals surface area contributed by atoms with E-state index in [0.29, 0.717) is 12.3 Å².